The summed E-state index contributed by atoms with van der Waals surface area (Å²) in [5.41, 5.74) is 5.63. The topological polar surface area (TPSA) is 12.5 Å². The molecule has 0 aliphatic carbocycles. The molecule has 0 spiro atoms. The summed E-state index contributed by atoms with van der Waals surface area (Å²) >= 11 is 3.48. The maximum Gasteiger partial charge on any atom is 0.119 e. The Bertz CT molecular complexity index is 1290. The zero-order chi connectivity index (χ0) is 23.9. The summed E-state index contributed by atoms with van der Waals surface area (Å²) in [5, 5.41) is 4.19. The summed E-state index contributed by atoms with van der Waals surface area (Å²) in [6.45, 7) is 0. The van der Waals surface area contributed by atoms with Crippen molar-refractivity contribution in [2.24, 2.45) is 0 Å². The molecule has 0 saturated carbocycles. The van der Waals surface area contributed by atoms with Crippen molar-refractivity contribution < 1.29 is 4.74 Å². The van der Waals surface area contributed by atoms with Gasteiger partial charge in [-0.05, 0) is 94.7 Å². The highest BCUT2D eigenvalue weighted by atomic mass is 32.1. The number of ether oxygens (including phenoxy) is 1. The molecule has 0 atom stereocenters. The number of thiophene rings is 2. The van der Waals surface area contributed by atoms with Gasteiger partial charge in [0.2, 0.25) is 0 Å². The molecule has 0 N–H and O–H groups in total. The lowest BCUT2D eigenvalue weighted by Crippen LogP contribution is -2.09. The quantitative estimate of drug-likeness (QED) is 0.214. The van der Waals surface area contributed by atoms with Gasteiger partial charge in [0.1, 0.15) is 5.75 Å². The zero-order valence-electron chi connectivity index (χ0n) is 19.4. The molecular formula is C31H25NOS2. The normalized spacial score (nSPS) is 11.3. The van der Waals surface area contributed by atoms with Gasteiger partial charge in [0.15, 0.2) is 0 Å². The van der Waals surface area contributed by atoms with Crippen LogP contribution < -0.4 is 9.64 Å². The first-order valence-electron chi connectivity index (χ1n) is 11.4. The number of methoxy groups -OCH3 is 1. The molecule has 0 unspecified atom stereocenters. The predicted octanol–water partition coefficient (Wildman–Crippen LogP) is 9.63. The van der Waals surface area contributed by atoms with E-state index < -0.39 is 0 Å². The summed E-state index contributed by atoms with van der Waals surface area (Å²) in [5.74, 6) is 0.844. The molecule has 0 bridgehead atoms. The average molecular weight is 492 g/mol. The largest absolute Gasteiger partial charge is 0.497 e. The Balaban J connectivity index is 1.44. The van der Waals surface area contributed by atoms with Crippen LogP contribution in [-0.4, -0.2) is 7.11 Å². The van der Waals surface area contributed by atoms with E-state index >= 15 is 0 Å². The van der Waals surface area contributed by atoms with E-state index in [2.05, 4.69) is 125 Å². The first kappa shape index (κ1) is 22.9. The first-order valence-corrected chi connectivity index (χ1v) is 13.1. The molecule has 0 radical (unpaired) electrons. The molecular weight excluding hydrogens is 466 g/mol. The Hall–Kier alpha value is -3.86. The summed E-state index contributed by atoms with van der Waals surface area (Å²) in [6.07, 6.45) is 8.62. The highest BCUT2D eigenvalue weighted by Crippen LogP contribution is 2.35. The van der Waals surface area contributed by atoms with Crippen molar-refractivity contribution in [3.8, 4) is 5.75 Å². The van der Waals surface area contributed by atoms with E-state index in [9.17, 15) is 0 Å². The molecule has 0 amide bonds. The van der Waals surface area contributed by atoms with E-state index in [0.29, 0.717) is 0 Å². The lowest BCUT2D eigenvalue weighted by Gasteiger charge is -2.26. The number of nitrogens with zero attached hydrogens (tertiary/aromatic N) is 1. The Labute approximate surface area is 214 Å². The third-order valence-electron chi connectivity index (χ3n) is 5.60. The highest BCUT2D eigenvalue weighted by Gasteiger charge is 2.12. The second-order valence-corrected chi connectivity index (χ2v) is 9.87. The van der Waals surface area contributed by atoms with Gasteiger partial charge in [-0.15, -0.1) is 22.7 Å². The van der Waals surface area contributed by atoms with Crippen LogP contribution in [0.25, 0.3) is 24.3 Å². The van der Waals surface area contributed by atoms with Crippen LogP contribution in [0.4, 0.5) is 17.1 Å². The average Bonchev–Trinajstić information content (AvgIpc) is 3.63. The van der Waals surface area contributed by atoms with Crippen LogP contribution in [0, 0.1) is 0 Å². The molecule has 0 aliphatic heterocycles. The first-order chi connectivity index (χ1) is 17.3. The van der Waals surface area contributed by atoms with Gasteiger partial charge in [0, 0.05) is 26.8 Å². The smallest absolute Gasteiger partial charge is 0.119 e. The summed E-state index contributed by atoms with van der Waals surface area (Å²) in [4.78, 5) is 4.77. The Kier molecular flexibility index (Phi) is 7.23. The zero-order valence-corrected chi connectivity index (χ0v) is 21.0. The van der Waals surface area contributed by atoms with Gasteiger partial charge in [0.05, 0.1) is 7.11 Å². The summed E-state index contributed by atoms with van der Waals surface area (Å²) in [6, 6.07) is 33.9. The summed E-state index contributed by atoms with van der Waals surface area (Å²) in [7, 11) is 1.69. The van der Waals surface area contributed by atoms with Crippen LogP contribution in [0.1, 0.15) is 20.9 Å². The minimum Gasteiger partial charge on any atom is -0.497 e. The minimum absolute atomic E-state index is 0.844. The van der Waals surface area contributed by atoms with E-state index in [1.54, 1.807) is 29.8 Å². The highest BCUT2D eigenvalue weighted by molar-refractivity contribution is 7.11. The van der Waals surface area contributed by atoms with Crippen molar-refractivity contribution in [1.29, 1.82) is 0 Å². The van der Waals surface area contributed by atoms with Gasteiger partial charge in [-0.3, -0.25) is 0 Å². The maximum absolute atomic E-state index is 5.37. The van der Waals surface area contributed by atoms with Crippen LogP contribution in [0.5, 0.6) is 5.75 Å². The van der Waals surface area contributed by atoms with Gasteiger partial charge >= 0.3 is 0 Å². The molecule has 0 aliphatic rings. The van der Waals surface area contributed by atoms with Crippen LogP contribution in [0.2, 0.25) is 0 Å². The van der Waals surface area contributed by atoms with E-state index in [-0.39, 0.29) is 0 Å². The Morgan fingerprint density at radius 2 is 0.971 bits per heavy atom. The van der Waals surface area contributed by atoms with Gasteiger partial charge in [-0.1, -0.05) is 48.6 Å². The fraction of sp³-hybridized carbons (Fsp3) is 0.0323. The molecule has 2 heterocycles. The molecule has 4 heteroatoms. The molecule has 0 fully saturated rings. The van der Waals surface area contributed by atoms with Crippen molar-refractivity contribution in [1.82, 2.24) is 0 Å². The van der Waals surface area contributed by atoms with Crippen LogP contribution in [0.3, 0.4) is 0 Å². The minimum atomic E-state index is 0.844. The molecule has 35 heavy (non-hydrogen) atoms. The fourth-order valence-electron chi connectivity index (χ4n) is 3.78. The number of rotatable bonds is 8. The fourth-order valence-corrected chi connectivity index (χ4v) is 5.01. The number of anilines is 3. The van der Waals surface area contributed by atoms with Crippen molar-refractivity contribution in [3.05, 3.63) is 129 Å². The monoisotopic (exact) mass is 491 g/mol. The molecule has 2 nitrogen and oxygen atoms in total. The Morgan fingerprint density at radius 1 is 0.543 bits per heavy atom. The van der Waals surface area contributed by atoms with Crippen molar-refractivity contribution >= 4 is 64.0 Å². The third kappa shape index (κ3) is 5.80. The van der Waals surface area contributed by atoms with Crippen LogP contribution in [-0.2, 0) is 0 Å². The van der Waals surface area contributed by atoms with E-state index in [1.165, 1.54) is 20.9 Å². The lowest BCUT2D eigenvalue weighted by atomic mass is 10.1. The van der Waals surface area contributed by atoms with Crippen LogP contribution >= 0.6 is 22.7 Å². The van der Waals surface area contributed by atoms with Gasteiger partial charge < -0.3 is 9.64 Å². The van der Waals surface area contributed by atoms with Crippen molar-refractivity contribution in [3.63, 3.8) is 0 Å². The third-order valence-corrected chi connectivity index (χ3v) is 7.27. The molecule has 2 aromatic heterocycles. The van der Waals surface area contributed by atoms with Crippen LogP contribution in [0.15, 0.2) is 108 Å². The van der Waals surface area contributed by atoms with Gasteiger partial charge in [-0.2, -0.15) is 0 Å². The van der Waals surface area contributed by atoms with Gasteiger partial charge in [0.25, 0.3) is 0 Å². The second-order valence-electron chi connectivity index (χ2n) is 7.91. The van der Waals surface area contributed by atoms with E-state index in [0.717, 1.165) is 22.8 Å². The molecule has 5 aromatic rings. The van der Waals surface area contributed by atoms with Gasteiger partial charge in [-0.25, -0.2) is 0 Å². The van der Waals surface area contributed by atoms with Crippen molar-refractivity contribution in [2.75, 3.05) is 12.0 Å². The SMILES string of the molecule is COc1ccc(N(c2ccc(/C=C/c3cccs3)cc2)c2ccc(/C=C/c3cccs3)cc2)cc1. The number of benzene rings is 3. The summed E-state index contributed by atoms with van der Waals surface area (Å²) < 4.78 is 5.37. The molecule has 0 saturated heterocycles. The predicted molar refractivity (Wildman–Crippen MR) is 154 cm³/mol. The number of hydrogen-bond acceptors (Lipinski definition) is 4. The Morgan fingerprint density at radius 3 is 1.34 bits per heavy atom. The maximum atomic E-state index is 5.37. The van der Waals surface area contributed by atoms with Crippen molar-refractivity contribution in [2.45, 2.75) is 0 Å². The standard InChI is InChI=1S/C31H25NOS2/c1-33-29-18-16-28(17-19-29)32(26-12-6-24(7-13-26)10-20-30-4-2-22-34-30)27-14-8-25(9-15-27)11-21-31-5-3-23-35-31/h2-23H,1H3/b20-10+,21-11+. The molecule has 3 aromatic carbocycles. The van der Waals surface area contributed by atoms with E-state index in [1.807, 2.05) is 12.1 Å². The lowest BCUT2D eigenvalue weighted by molar-refractivity contribution is 0.415. The molecule has 5 rings (SSSR count). The number of hydrogen-bond donors (Lipinski definition) is 0. The second kappa shape index (κ2) is 11.0. The molecule has 172 valence electrons. The van der Waals surface area contributed by atoms with E-state index in [4.69, 9.17) is 4.74 Å².